The first-order valence-electron chi connectivity index (χ1n) is 4.41. The van der Waals surface area contributed by atoms with Crippen molar-refractivity contribution in [2.24, 2.45) is 0 Å². The molecule has 1 saturated heterocycles. The molecular weight excluding hydrogens is 166 g/mol. The van der Waals surface area contributed by atoms with Gasteiger partial charge in [0.05, 0.1) is 13.2 Å². The van der Waals surface area contributed by atoms with Crippen LogP contribution in [0, 0.1) is 11.8 Å². The zero-order valence-electron chi connectivity index (χ0n) is 8.31. The molecule has 0 saturated carbocycles. The number of ether oxygens (including phenoxy) is 1. The molecule has 0 aromatic carbocycles. The molecule has 1 aliphatic rings. The molecule has 13 heavy (non-hydrogen) atoms. The van der Waals surface area contributed by atoms with Crippen LogP contribution in [0.25, 0.3) is 0 Å². The number of nitrogens with one attached hydrogen (secondary N) is 1. The van der Waals surface area contributed by atoms with Crippen molar-refractivity contribution < 1.29 is 9.53 Å². The van der Waals surface area contributed by atoms with E-state index < -0.39 is 5.97 Å². The Labute approximate surface area is 78.8 Å². The van der Waals surface area contributed by atoms with Crippen molar-refractivity contribution >= 4 is 5.97 Å². The predicted octanol–water partition coefficient (Wildman–Crippen LogP) is 0.693. The quantitative estimate of drug-likeness (QED) is 0.339. The Morgan fingerprint density at radius 3 is 2.77 bits per heavy atom. The van der Waals surface area contributed by atoms with Crippen molar-refractivity contribution in [1.29, 1.82) is 0 Å². The van der Waals surface area contributed by atoms with Gasteiger partial charge in [-0.05, 0) is 26.7 Å². The molecule has 0 aromatic rings. The van der Waals surface area contributed by atoms with Crippen molar-refractivity contribution in [3.05, 3.63) is 0 Å². The summed E-state index contributed by atoms with van der Waals surface area (Å²) >= 11 is 0. The number of esters is 1. The average molecular weight is 181 g/mol. The van der Waals surface area contributed by atoms with Crippen molar-refractivity contribution in [3.63, 3.8) is 0 Å². The highest BCUT2D eigenvalue weighted by atomic mass is 16.5. The summed E-state index contributed by atoms with van der Waals surface area (Å²) < 4.78 is 4.42. The van der Waals surface area contributed by atoms with E-state index in [1.807, 2.05) is 0 Å². The number of carbonyl (C=O) groups is 1. The molecule has 1 atom stereocenters. The molecule has 0 aliphatic carbocycles. The second-order valence-electron chi connectivity index (χ2n) is 3.88. The van der Waals surface area contributed by atoms with Crippen LogP contribution in [-0.2, 0) is 9.53 Å². The van der Waals surface area contributed by atoms with Crippen LogP contribution in [0.4, 0.5) is 0 Å². The van der Waals surface area contributed by atoms with E-state index in [0.717, 1.165) is 12.8 Å². The Hall–Kier alpha value is -1.01. The van der Waals surface area contributed by atoms with Crippen LogP contribution in [0.2, 0.25) is 0 Å². The standard InChI is InChI=1S/C10H15NO2/c1-10(2)7-6-8(11-10)4-5-9(12)13-3/h8,11H,6-7H2,1-3H3. The lowest BCUT2D eigenvalue weighted by Crippen LogP contribution is -2.36. The lowest BCUT2D eigenvalue weighted by Gasteiger charge is -2.17. The molecule has 3 heteroatoms. The molecule has 0 bridgehead atoms. The van der Waals surface area contributed by atoms with E-state index in [1.54, 1.807) is 0 Å². The van der Waals surface area contributed by atoms with E-state index in [4.69, 9.17) is 0 Å². The molecule has 1 heterocycles. The monoisotopic (exact) mass is 181 g/mol. The molecule has 0 aromatic heterocycles. The van der Waals surface area contributed by atoms with E-state index in [2.05, 4.69) is 35.7 Å². The van der Waals surface area contributed by atoms with Crippen LogP contribution < -0.4 is 5.32 Å². The normalized spacial score (nSPS) is 24.7. The van der Waals surface area contributed by atoms with Gasteiger partial charge in [-0.15, -0.1) is 0 Å². The summed E-state index contributed by atoms with van der Waals surface area (Å²) in [5.41, 5.74) is 0.148. The Balaban J connectivity index is 2.47. The summed E-state index contributed by atoms with van der Waals surface area (Å²) in [6.07, 6.45) is 2.09. The fourth-order valence-electron chi connectivity index (χ4n) is 1.43. The fraction of sp³-hybridized carbons (Fsp3) is 0.700. The van der Waals surface area contributed by atoms with Gasteiger partial charge in [-0.2, -0.15) is 0 Å². The fourth-order valence-corrected chi connectivity index (χ4v) is 1.43. The molecule has 1 rings (SSSR count). The third-order valence-electron chi connectivity index (χ3n) is 2.16. The van der Waals surface area contributed by atoms with E-state index in [0.29, 0.717) is 0 Å². The van der Waals surface area contributed by atoms with E-state index in [1.165, 1.54) is 7.11 Å². The van der Waals surface area contributed by atoms with Crippen molar-refractivity contribution in [1.82, 2.24) is 5.32 Å². The van der Waals surface area contributed by atoms with Gasteiger partial charge in [-0.3, -0.25) is 5.32 Å². The Morgan fingerprint density at radius 1 is 1.62 bits per heavy atom. The highest BCUT2D eigenvalue weighted by Gasteiger charge is 2.28. The van der Waals surface area contributed by atoms with Gasteiger partial charge in [0.2, 0.25) is 0 Å². The molecule has 1 unspecified atom stereocenters. The van der Waals surface area contributed by atoms with Gasteiger partial charge in [0, 0.05) is 11.5 Å². The van der Waals surface area contributed by atoms with Gasteiger partial charge < -0.3 is 4.74 Å². The van der Waals surface area contributed by atoms with Crippen LogP contribution in [0.3, 0.4) is 0 Å². The van der Waals surface area contributed by atoms with Crippen LogP contribution in [0.1, 0.15) is 26.7 Å². The van der Waals surface area contributed by atoms with Crippen molar-refractivity contribution in [2.75, 3.05) is 7.11 Å². The minimum atomic E-state index is -0.466. The SMILES string of the molecule is COC(=O)C#CC1CCC(C)(C)N1. The Kier molecular flexibility index (Phi) is 2.94. The van der Waals surface area contributed by atoms with E-state index in [9.17, 15) is 4.79 Å². The Bertz CT molecular complexity index is 260. The summed E-state index contributed by atoms with van der Waals surface area (Å²) in [5.74, 6) is 4.82. The molecule has 0 amide bonds. The first kappa shape index (κ1) is 10.1. The third kappa shape index (κ3) is 3.08. The number of hydrogen-bond acceptors (Lipinski definition) is 3. The number of methoxy groups -OCH3 is 1. The summed E-state index contributed by atoms with van der Waals surface area (Å²) in [7, 11) is 1.34. The van der Waals surface area contributed by atoms with Crippen molar-refractivity contribution in [2.45, 2.75) is 38.3 Å². The highest BCUT2D eigenvalue weighted by Crippen LogP contribution is 2.21. The lowest BCUT2D eigenvalue weighted by atomic mass is 10.0. The minimum Gasteiger partial charge on any atom is -0.459 e. The van der Waals surface area contributed by atoms with Gasteiger partial charge in [-0.1, -0.05) is 5.92 Å². The van der Waals surface area contributed by atoms with Gasteiger partial charge in [0.15, 0.2) is 0 Å². The predicted molar refractivity (Wildman–Crippen MR) is 50.0 cm³/mol. The first-order chi connectivity index (χ1) is 6.03. The second-order valence-corrected chi connectivity index (χ2v) is 3.88. The summed E-state index contributed by atoms with van der Waals surface area (Å²) in [6.45, 7) is 4.26. The van der Waals surface area contributed by atoms with E-state index >= 15 is 0 Å². The summed E-state index contributed by atoms with van der Waals surface area (Å²) in [4.78, 5) is 10.7. The third-order valence-corrected chi connectivity index (χ3v) is 2.16. The maximum Gasteiger partial charge on any atom is 0.384 e. The van der Waals surface area contributed by atoms with Crippen LogP contribution >= 0.6 is 0 Å². The topological polar surface area (TPSA) is 38.3 Å². The zero-order valence-corrected chi connectivity index (χ0v) is 8.31. The Morgan fingerprint density at radius 2 is 2.31 bits per heavy atom. The van der Waals surface area contributed by atoms with Crippen molar-refractivity contribution in [3.8, 4) is 11.8 Å². The van der Waals surface area contributed by atoms with Crippen LogP contribution in [-0.4, -0.2) is 24.7 Å². The van der Waals surface area contributed by atoms with E-state index in [-0.39, 0.29) is 11.6 Å². The molecule has 1 aliphatic heterocycles. The highest BCUT2D eigenvalue weighted by molar-refractivity contribution is 5.88. The minimum absolute atomic E-state index is 0.133. The summed E-state index contributed by atoms with van der Waals surface area (Å²) in [5, 5.41) is 3.33. The molecular formula is C10H15NO2. The van der Waals surface area contributed by atoms with Gasteiger partial charge in [-0.25, -0.2) is 4.79 Å². The number of rotatable bonds is 0. The van der Waals surface area contributed by atoms with Gasteiger partial charge in [0.25, 0.3) is 0 Å². The maximum atomic E-state index is 10.7. The maximum absolute atomic E-state index is 10.7. The largest absolute Gasteiger partial charge is 0.459 e. The lowest BCUT2D eigenvalue weighted by molar-refractivity contribution is -0.133. The van der Waals surface area contributed by atoms with Gasteiger partial charge >= 0.3 is 5.97 Å². The molecule has 0 spiro atoms. The average Bonchev–Trinajstić information content (AvgIpc) is 2.41. The molecule has 1 N–H and O–H groups in total. The molecule has 3 nitrogen and oxygen atoms in total. The molecule has 72 valence electrons. The van der Waals surface area contributed by atoms with Crippen LogP contribution in [0.15, 0.2) is 0 Å². The molecule has 0 radical (unpaired) electrons. The van der Waals surface area contributed by atoms with Gasteiger partial charge in [0.1, 0.15) is 0 Å². The second kappa shape index (κ2) is 3.80. The summed E-state index contributed by atoms with van der Waals surface area (Å²) in [6, 6.07) is 0.133. The number of hydrogen-bond donors (Lipinski definition) is 1. The zero-order chi connectivity index (χ0) is 9.90. The number of carbonyl (C=O) groups excluding carboxylic acids is 1. The first-order valence-corrected chi connectivity index (χ1v) is 4.41. The van der Waals surface area contributed by atoms with Crippen LogP contribution in [0.5, 0.6) is 0 Å². The smallest absolute Gasteiger partial charge is 0.384 e. The molecule has 1 fully saturated rings.